The van der Waals surface area contributed by atoms with Crippen LogP contribution in [0.5, 0.6) is 0 Å². The average molecular weight is 294 g/mol. The van der Waals surface area contributed by atoms with E-state index in [4.69, 9.17) is 0 Å². The second-order valence-corrected chi connectivity index (χ2v) is 5.46. The Labute approximate surface area is 129 Å². The summed E-state index contributed by atoms with van der Waals surface area (Å²) in [6.07, 6.45) is 4.31. The van der Waals surface area contributed by atoms with Crippen molar-refractivity contribution in [2.45, 2.75) is 39.2 Å². The van der Waals surface area contributed by atoms with Gasteiger partial charge in [0.2, 0.25) is 5.71 Å². The lowest BCUT2D eigenvalue weighted by atomic mass is 10.2. The van der Waals surface area contributed by atoms with Crippen LogP contribution in [0.25, 0.3) is 0 Å². The Bertz CT molecular complexity index is 737. The van der Waals surface area contributed by atoms with Crippen LogP contribution < -0.4 is 5.43 Å². The first kappa shape index (κ1) is 14.3. The van der Waals surface area contributed by atoms with Gasteiger partial charge in [0.15, 0.2) is 5.82 Å². The number of benzene rings is 1. The number of hydrogen-bond acceptors (Lipinski definition) is 5. The van der Waals surface area contributed by atoms with E-state index in [1.165, 1.54) is 6.42 Å². The number of nitrogens with zero attached hydrogens (tertiary/aromatic N) is 5. The Kier molecular flexibility index (Phi) is 4.15. The SMILES string of the molecule is Cc1cccc(NN=C(C#N)c2nnc3n2CCCCC3)c1. The predicted octanol–water partition coefficient (Wildman–Crippen LogP) is 2.65. The van der Waals surface area contributed by atoms with Crippen LogP contribution in [0.15, 0.2) is 29.4 Å². The maximum absolute atomic E-state index is 9.40. The zero-order chi connectivity index (χ0) is 15.4. The average Bonchev–Trinajstić information content (AvgIpc) is 2.77. The van der Waals surface area contributed by atoms with Crippen LogP contribution >= 0.6 is 0 Å². The zero-order valence-electron chi connectivity index (χ0n) is 12.6. The van der Waals surface area contributed by atoms with E-state index in [0.717, 1.165) is 42.9 Å². The summed E-state index contributed by atoms with van der Waals surface area (Å²) in [6, 6.07) is 9.97. The highest BCUT2D eigenvalue weighted by molar-refractivity contribution is 6.09. The lowest BCUT2D eigenvalue weighted by Gasteiger charge is -2.06. The second-order valence-electron chi connectivity index (χ2n) is 5.46. The van der Waals surface area contributed by atoms with Crippen LogP contribution in [0.2, 0.25) is 0 Å². The number of aryl methyl sites for hydroxylation is 2. The monoisotopic (exact) mass is 294 g/mol. The standard InChI is InChI=1S/C16H18N6/c1-12-6-5-7-13(10-12)18-19-14(11-17)16-21-20-15-8-3-2-4-9-22(15)16/h5-7,10,18H,2-4,8-9H2,1H3. The van der Waals surface area contributed by atoms with E-state index in [2.05, 4.69) is 26.8 Å². The molecular formula is C16H18N6. The van der Waals surface area contributed by atoms with Gasteiger partial charge in [0.25, 0.3) is 0 Å². The van der Waals surface area contributed by atoms with E-state index in [0.29, 0.717) is 5.82 Å². The minimum absolute atomic E-state index is 0.266. The molecule has 0 unspecified atom stereocenters. The number of fused-ring (bicyclic) bond motifs is 1. The number of rotatable bonds is 3. The summed E-state index contributed by atoms with van der Waals surface area (Å²) < 4.78 is 2.02. The molecule has 0 bridgehead atoms. The van der Waals surface area contributed by atoms with Crippen molar-refractivity contribution in [3.05, 3.63) is 41.5 Å². The molecular weight excluding hydrogens is 276 g/mol. The molecule has 0 saturated heterocycles. The van der Waals surface area contributed by atoms with E-state index in [9.17, 15) is 5.26 Å². The molecule has 112 valence electrons. The van der Waals surface area contributed by atoms with E-state index in [1.807, 2.05) is 35.8 Å². The van der Waals surface area contributed by atoms with Crippen LogP contribution in [0, 0.1) is 18.3 Å². The molecule has 22 heavy (non-hydrogen) atoms. The van der Waals surface area contributed by atoms with E-state index in [-0.39, 0.29) is 5.71 Å². The highest BCUT2D eigenvalue weighted by Crippen LogP contribution is 2.15. The van der Waals surface area contributed by atoms with Gasteiger partial charge in [-0.3, -0.25) is 5.43 Å². The van der Waals surface area contributed by atoms with E-state index < -0.39 is 0 Å². The molecule has 0 spiro atoms. The van der Waals surface area contributed by atoms with Crippen molar-refractivity contribution in [1.29, 1.82) is 5.26 Å². The number of nitrogens with one attached hydrogen (secondary N) is 1. The molecule has 1 aliphatic rings. The maximum Gasteiger partial charge on any atom is 0.205 e. The van der Waals surface area contributed by atoms with Gasteiger partial charge in [-0.25, -0.2) is 0 Å². The van der Waals surface area contributed by atoms with Gasteiger partial charge >= 0.3 is 0 Å². The van der Waals surface area contributed by atoms with Gasteiger partial charge in [-0.15, -0.1) is 10.2 Å². The molecule has 1 N–H and O–H groups in total. The fraction of sp³-hybridized carbons (Fsp3) is 0.375. The lowest BCUT2D eigenvalue weighted by molar-refractivity contribution is 0.628. The van der Waals surface area contributed by atoms with E-state index in [1.54, 1.807) is 0 Å². The highest BCUT2D eigenvalue weighted by Gasteiger charge is 2.18. The van der Waals surface area contributed by atoms with Gasteiger partial charge in [0, 0.05) is 13.0 Å². The smallest absolute Gasteiger partial charge is 0.205 e. The first-order chi connectivity index (χ1) is 10.8. The fourth-order valence-corrected chi connectivity index (χ4v) is 2.62. The number of aromatic nitrogens is 3. The van der Waals surface area contributed by atoms with Gasteiger partial charge < -0.3 is 4.57 Å². The van der Waals surface area contributed by atoms with Crippen LogP contribution in [0.4, 0.5) is 5.69 Å². The quantitative estimate of drug-likeness (QED) is 0.697. The summed E-state index contributed by atoms with van der Waals surface area (Å²) >= 11 is 0. The third-order valence-electron chi connectivity index (χ3n) is 3.74. The number of anilines is 1. The molecule has 3 rings (SSSR count). The first-order valence-electron chi connectivity index (χ1n) is 7.51. The van der Waals surface area contributed by atoms with Crippen LogP contribution in [0.1, 0.15) is 36.5 Å². The van der Waals surface area contributed by atoms with Crippen LogP contribution in [-0.2, 0) is 13.0 Å². The summed E-state index contributed by atoms with van der Waals surface area (Å²) in [4.78, 5) is 0. The van der Waals surface area contributed by atoms with Crippen molar-refractivity contribution < 1.29 is 0 Å². The topological polar surface area (TPSA) is 78.9 Å². The molecule has 1 aromatic carbocycles. The largest absolute Gasteiger partial charge is 0.309 e. The van der Waals surface area contributed by atoms with Crippen LogP contribution in [0.3, 0.4) is 0 Å². The third kappa shape index (κ3) is 2.98. The van der Waals surface area contributed by atoms with Gasteiger partial charge in [-0.2, -0.15) is 10.4 Å². The van der Waals surface area contributed by atoms with Crippen molar-refractivity contribution in [1.82, 2.24) is 14.8 Å². The minimum Gasteiger partial charge on any atom is -0.309 e. The fourth-order valence-electron chi connectivity index (χ4n) is 2.62. The highest BCUT2D eigenvalue weighted by atomic mass is 15.3. The molecule has 0 amide bonds. The van der Waals surface area contributed by atoms with Crippen molar-refractivity contribution in [2.24, 2.45) is 5.10 Å². The first-order valence-corrected chi connectivity index (χ1v) is 7.51. The number of nitriles is 1. The lowest BCUT2D eigenvalue weighted by Crippen LogP contribution is -2.12. The van der Waals surface area contributed by atoms with Crippen LogP contribution in [-0.4, -0.2) is 20.5 Å². The molecule has 6 heteroatoms. The molecule has 2 aromatic rings. The van der Waals surface area contributed by atoms with E-state index >= 15 is 0 Å². The molecule has 0 radical (unpaired) electrons. The molecule has 1 aliphatic heterocycles. The Morgan fingerprint density at radius 1 is 1.32 bits per heavy atom. The molecule has 0 aliphatic carbocycles. The maximum atomic E-state index is 9.40. The number of hydrogen-bond donors (Lipinski definition) is 1. The van der Waals surface area contributed by atoms with Crippen molar-refractivity contribution in [3.8, 4) is 6.07 Å². The molecule has 0 atom stereocenters. The Hall–Kier alpha value is -2.68. The Morgan fingerprint density at radius 2 is 2.23 bits per heavy atom. The van der Waals surface area contributed by atoms with Crippen molar-refractivity contribution in [3.63, 3.8) is 0 Å². The third-order valence-corrected chi connectivity index (χ3v) is 3.74. The predicted molar refractivity (Wildman–Crippen MR) is 84.5 cm³/mol. The van der Waals surface area contributed by atoms with Crippen molar-refractivity contribution >= 4 is 11.4 Å². The Balaban J connectivity index is 1.87. The van der Waals surface area contributed by atoms with Gasteiger partial charge in [-0.1, -0.05) is 18.6 Å². The summed E-state index contributed by atoms with van der Waals surface area (Å²) in [6.45, 7) is 2.86. The van der Waals surface area contributed by atoms with Gasteiger partial charge in [0.1, 0.15) is 11.9 Å². The Morgan fingerprint density at radius 3 is 3.05 bits per heavy atom. The van der Waals surface area contributed by atoms with Gasteiger partial charge in [-0.05, 0) is 37.5 Å². The molecule has 6 nitrogen and oxygen atoms in total. The molecule has 0 saturated carbocycles. The summed E-state index contributed by atoms with van der Waals surface area (Å²) in [5, 5.41) is 22.0. The number of hydrazone groups is 1. The second kappa shape index (κ2) is 6.39. The normalized spacial score (nSPS) is 14.8. The minimum atomic E-state index is 0.266. The molecule has 1 aromatic heterocycles. The molecule has 0 fully saturated rings. The zero-order valence-corrected chi connectivity index (χ0v) is 12.6. The van der Waals surface area contributed by atoms with Gasteiger partial charge in [0.05, 0.1) is 5.69 Å². The molecule has 2 heterocycles. The van der Waals surface area contributed by atoms with Crippen molar-refractivity contribution in [2.75, 3.05) is 5.43 Å². The summed E-state index contributed by atoms with van der Waals surface area (Å²) in [5.41, 5.74) is 5.18. The summed E-state index contributed by atoms with van der Waals surface area (Å²) in [7, 11) is 0. The summed E-state index contributed by atoms with van der Waals surface area (Å²) in [5.74, 6) is 1.51.